The van der Waals surface area contributed by atoms with E-state index in [2.05, 4.69) is 106 Å². The second-order valence-corrected chi connectivity index (χ2v) is 12.3. The monoisotopic (exact) mass is 635 g/mol. The fourth-order valence-electron chi connectivity index (χ4n) is 7.49. The zero-order valence-corrected chi connectivity index (χ0v) is 26.7. The molecule has 0 aliphatic carbocycles. The number of hydrogen-bond acceptors (Lipinski definition) is 3. The van der Waals surface area contributed by atoms with Crippen molar-refractivity contribution < 1.29 is 0 Å². The summed E-state index contributed by atoms with van der Waals surface area (Å²) in [5, 5.41) is 34.0. The summed E-state index contributed by atoms with van der Waals surface area (Å²) in [6.45, 7) is 0. The molecule has 2 heterocycles. The second kappa shape index (κ2) is 11.4. The van der Waals surface area contributed by atoms with Gasteiger partial charge in [-0.05, 0) is 89.5 Å². The van der Waals surface area contributed by atoms with Crippen molar-refractivity contribution in [2.75, 3.05) is 0 Å². The Hall–Kier alpha value is -7.39. The SMILES string of the molecule is N#Cc1ccc2c(c1)c1ccccc1n2-c1cccc(C#N)c1-c1cccc(-c2cccc(-n3c4ccccc4c4c(C#N)cccc43)c2)c1. The first-order valence-corrected chi connectivity index (χ1v) is 16.3. The molecule has 0 bridgehead atoms. The van der Waals surface area contributed by atoms with Crippen molar-refractivity contribution in [1.29, 1.82) is 15.8 Å². The Morgan fingerprint density at radius 3 is 1.82 bits per heavy atom. The summed E-state index contributed by atoms with van der Waals surface area (Å²) in [4.78, 5) is 0. The first-order chi connectivity index (χ1) is 24.7. The van der Waals surface area contributed by atoms with E-state index in [1.54, 1.807) is 0 Å². The maximum atomic E-state index is 10.4. The van der Waals surface area contributed by atoms with Gasteiger partial charge in [-0.15, -0.1) is 0 Å². The Morgan fingerprint density at radius 1 is 0.400 bits per heavy atom. The quantitative estimate of drug-likeness (QED) is 0.193. The Morgan fingerprint density at radius 2 is 1.02 bits per heavy atom. The zero-order valence-electron chi connectivity index (χ0n) is 26.7. The first-order valence-electron chi connectivity index (χ1n) is 16.3. The minimum atomic E-state index is 0.576. The van der Waals surface area contributed by atoms with Crippen LogP contribution in [0, 0.1) is 34.0 Å². The number of para-hydroxylation sites is 2. The van der Waals surface area contributed by atoms with Gasteiger partial charge >= 0.3 is 0 Å². The Labute approximate surface area is 287 Å². The van der Waals surface area contributed by atoms with Crippen molar-refractivity contribution in [3.63, 3.8) is 0 Å². The summed E-state index contributed by atoms with van der Waals surface area (Å²) in [5.41, 5.74) is 11.5. The van der Waals surface area contributed by atoms with E-state index in [0.29, 0.717) is 16.7 Å². The highest BCUT2D eigenvalue weighted by Crippen LogP contribution is 2.40. The van der Waals surface area contributed by atoms with Gasteiger partial charge < -0.3 is 9.13 Å². The van der Waals surface area contributed by atoms with Crippen molar-refractivity contribution in [2.24, 2.45) is 0 Å². The average molecular weight is 636 g/mol. The smallest absolute Gasteiger partial charge is 0.0998 e. The Balaban J connectivity index is 1.24. The van der Waals surface area contributed by atoms with Crippen LogP contribution in [0.5, 0.6) is 0 Å². The lowest BCUT2D eigenvalue weighted by Crippen LogP contribution is -1.99. The van der Waals surface area contributed by atoms with Crippen molar-refractivity contribution in [3.05, 3.63) is 168 Å². The Bertz CT molecular complexity index is 2970. The second-order valence-electron chi connectivity index (χ2n) is 12.3. The molecule has 0 radical (unpaired) electrons. The third-order valence-electron chi connectivity index (χ3n) is 9.61. The number of rotatable bonds is 4. The zero-order chi connectivity index (χ0) is 33.8. The summed E-state index contributed by atoms with van der Waals surface area (Å²) < 4.78 is 4.43. The van der Waals surface area contributed by atoms with Gasteiger partial charge in [-0.3, -0.25) is 0 Å². The molecule has 0 N–H and O–H groups in total. The van der Waals surface area contributed by atoms with Gasteiger partial charge in [-0.2, -0.15) is 15.8 Å². The largest absolute Gasteiger partial charge is 0.309 e. The third-order valence-corrected chi connectivity index (χ3v) is 9.61. The van der Waals surface area contributed by atoms with Gasteiger partial charge in [0.25, 0.3) is 0 Å². The summed E-state index contributed by atoms with van der Waals surface area (Å²) in [6, 6.07) is 57.8. The molecule has 5 heteroatoms. The van der Waals surface area contributed by atoms with Crippen LogP contribution in [-0.4, -0.2) is 9.13 Å². The van der Waals surface area contributed by atoms with E-state index < -0.39 is 0 Å². The molecule has 50 heavy (non-hydrogen) atoms. The molecule has 9 aromatic rings. The minimum Gasteiger partial charge on any atom is -0.309 e. The lowest BCUT2D eigenvalue weighted by molar-refractivity contribution is 1.18. The van der Waals surface area contributed by atoms with Crippen LogP contribution in [0.25, 0.3) is 77.2 Å². The van der Waals surface area contributed by atoms with Gasteiger partial charge in [-0.1, -0.05) is 78.9 Å². The third kappa shape index (κ3) is 4.31. The minimum absolute atomic E-state index is 0.576. The molecule has 0 unspecified atom stereocenters. The number of benzene rings is 7. The van der Waals surface area contributed by atoms with Crippen molar-refractivity contribution in [3.8, 4) is 51.8 Å². The number of nitriles is 3. The molecule has 0 aliphatic rings. The molecular formula is C45H25N5. The normalized spacial score (nSPS) is 11.1. The number of nitrogens with zero attached hydrogens (tertiary/aromatic N) is 5. The molecule has 230 valence electrons. The lowest BCUT2D eigenvalue weighted by Gasteiger charge is -2.16. The van der Waals surface area contributed by atoms with Gasteiger partial charge in [0.05, 0.1) is 62.7 Å². The molecule has 5 nitrogen and oxygen atoms in total. The molecule has 9 rings (SSSR count). The van der Waals surface area contributed by atoms with Gasteiger partial charge in [0, 0.05) is 32.8 Å². The van der Waals surface area contributed by atoms with Gasteiger partial charge in [-0.25, -0.2) is 0 Å². The van der Waals surface area contributed by atoms with Crippen LogP contribution in [0.2, 0.25) is 0 Å². The summed E-state index contributed by atoms with van der Waals surface area (Å²) in [6.07, 6.45) is 0. The van der Waals surface area contributed by atoms with Gasteiger partial charge in [0.15, 0.2) is 0 Å². The molecule has 0 spiro atoms. The number of hydrogen-bond donors (Lipinski definition) is 0. The van der Waals surface area contributed by atoms with Gasteiger partial charge in [0.2, 0.25) is 0 Å². The maximum absolute atomic E-state index is 10.4. The van der Waals surface area contributed by atoms with Crippen molar-refractivity contribution in [1.82, 2.24) is 9.13 Å². The molecule has 0 atom stereocenters. The summed E-state index contributed by atoms with van der Waals surface area (Å²) >= 11 is 0. The molecule has 0 saturated heterocycles. The molecule has 0 amide bonds. The van der Waals surface area contributed by atoms with Crippen LogP contribution in [0.4, 0.5) is 0 Å². The molecule has 0 aliphatic heterocycles. The standard InChI is InChI=1S/C45H25N5/c46-26-29-21-22-41-38(23-29)36-15-1-3-17-39(36)50(41)42-19-7-12-33(27-47)44(42)32-11-5-9-30(24-32)31-10-6-14-35(25-31)49-40-18-4-2-16-37(40)45-34(28-48)13-8-20-43(45)49/h1-25H. The first kappa shape index (κ1) is 28.8. The predicted octanol–water partition coefficient (Wildman–Crippen LogP) is 10.8. The van der Waals surface area contributed by atoms with E-state index in [1.165, 1.54) is 0 Å². The van der Waals surface area contributed by atoms with Crippen LogP contribution in [-0.2, 0) is 0 Å². The Kier molecular flexibility index (Phi) is 6.56. The number of fused-ring (bicyclic) bond motifs is 6. The number of aromatic nitrogens is 2. The highest BCUT2D eigenvalue weighted by Gasteiger charge is 2.19. The van der Waals surface area contributed by atoms with E-state index in [1.807, 2.05) is 72.8 Å². The van der Waals surface area contributed by atoms with E-state index in [4.69, 9.17) is 0 Å². The molecule has 7 aromatic carbocycles. The summed E-state index contributed by atoms with van der Waals surface area (Å²) in [7, 11) is 0. The van der Waals surface area contributed by atoms with Crippen LogP contribution in [0.1, 0.15) is 16.7 Å². The average Bonchev–Trinajstić information content (AvgIpc) is 3.70. The van der Waals surface area contributed by atoms with Crippen molar-refractivity contribution in [2.45, 2.75) is 0 Å². The lowest BCUT2D eigenvalue weighted by atomic mass is 9.94. The van der Waals surface area contributed by atoms with Crippen LogP contribution >= 0.6 is 0 Å². The highest BCUT2D eigenvalue weighted by molar-refractivity contribution is 6.12. The van der Waals surface area contributed by atoms with E-state index in [0.717, 1.165) is 77.2 Å². The predicted molar refractivity (Wildman–Crippen MR) is 200 cm³/mol. The van der Waals surface area contributed by atoms with E-state index in [-0.39, 0.29) is 0 Å². The molecule has 0 fully saturated rings. The van der Waals surface area contributed by atoms with Crippen molar-refractivity contribution >= 4 is 43.6 Å². The highest BCUT2D eigenvalue weighted by atomic mass is 15.0. The topological polar surface area (TPSA) is 81.2 Å². The van der Waals surface area contributed by atoms with Crippen LogP contribution in [0.15, 0.2) is 152 Å². The molecule has 0 saturated carbocycles. The van der Waals surface area contributed by atoms with Crippen LogP contribution < -0.4 is 0 Å². The molecule has 2 aromatic heterocycles. The maximum Gasteiger partial charge on any atom is 0.0998 e. The fourth-order valence-corrected chi connectivity index (χ4v) is 7.49. The van der Waals surface area contributed by atoms with E-state index in [9.17, 15) is 15.8 Å². The fraction of sp³-hybridized carbons (Fsp3) is 0. The molecular weight excluding hydrogens is 611 g/mol. The van der Waals surface area contributed by atoms with Crippen LogP contribution in [0.3, 0.4) is 0 Å². The van der Waals surface area contributed by atoms with E-state index >= 15 is 0 Å². The summed E-state index contributed by atoms with van der Waals surface area (Å²) in [5.74, 6) is 0. The van der Waals surface area contributed by atoms with Gasteiger partial charge in [0.1, 0.15) is 0 Å².